The number of carbonyl (C=O) groups excluding carboxylic acids is 3. The standard InChI is InChI=1S/C31H41F3N6O5S2/c1-18(2)25(38-29(43)40(5)14-22-16-46-28(37-22)19(3)4)27(42)36-21(11-20-9-7-6-8-10-20)12-24(41)26(31(32,33)34)39-30(44)45-15-23-13-35-17-47-23/h6-10,13,16-19,21,24-26,41H,11-12,14-15H2,1-5H3,(H,36,42)(H,38,43)(H,39,44). The molecule has 16 heteroatoms. The third-order valence-electron chi connectivity index (χ3n) is 7.07. The zero-order chi connectivity index (χ0) is 34.7. The predicted molar refractivity (Wildman–Crippen MR) is 173 cm³/mol. The summed E-state index contributed by atoms with van der Waals surface area (Å²) in [4.78, 5) is 49.1. The lowest BCUT2D eigenvalue weighted by molar-refractivity contribution is -0.177. The second-order valence-electron chi connectivity index (χ2n) is 11.8. The SMILES string of the molecule is CC(C)c1nc(CN(C)C(=O)NC(C(=O)NC(Cc2ccccc2)CC(O)C(NC(=O)OCc2cncs2)C(F)(F)F)C(C)C)cs1. The van der Waals surface area contributed by atoms with Crippen LogP contribution in [0.5, 0.6) is 0 Å². The molecule has 0 bridgehead atoms. The molecule has 4 unspecified atom stereocenters. The molecular weight excluding hydrogens is 658 g/mol. The van der Waals surface area contributed by atoms with E-state index in [1.807, 2.05) is 19.2 Å². The van der Waals surface area contributed by atoms with Crippen molar-refractivity contribution in [1.29, 1.82) is 0 Å². The number of nitrogens with one attached hydrogen (secondary N) is 3. The Morgan fingerprint density at radius 3 is 2.32 bits per heavy atom. The van der Waals surface area contributed by atoms with Crippen LogP contribution in [-0.4, -0.2) is 75.5 Å². The largest absolute Gasteiger partial charge is 0.444 e. The number of halogens is 3. The number of rotatable bonds is 15. The number of amides is 4. The van der Waals surface area contributed by atoms with Crippen LogP contribution in [0.4, 0.5) is 22.8 Å². The lowest BCUT2D eigenvalue weighted by Gasteiger charge is -2.31. The van der Waals surface area contributed by atoms with Crippen LogP contribution in [0.15, 0.2) is 47.4 Å². The van der Waals surface area contributed by atoms with Gasteiger partial charge in [0.1, 0.15) is 12.6 Å². The van der Waals surface area contributed by atoms with E-state index in [0.29, 0.717) is 16.1 Å². The normalized spacial score (nSPS) is 14.3. The van der Waals surface area contributed by atoms with Crippen LogP contribution in [0.2, 0.25) is 0 Å². The van der Waals surface area contributed by atoms with E-state index in [0.717, 1.165) is 16.3 Å². The maximum Gasteiger partial charge on any atom is 0.411 e. The number of aliphatic hydroxyl groups is 1. The van der Waals surface area contributed by atoms with Gasteiger partial charge in [0.05, 0.1) is 33.7 Å². The number of urea groups is 1. The van der Waals surface area contributed by atoms with Crippen LogP contribution in [0, 0.1) is 5.92 Å². The van der Waals surface area contributed by atoms with Gasteiger partial charge in [0.2, 0.25) is 5.91 Å². The van der Waals surface area contributed by atoms with E-state index in [4.69, 9.17) is 4.74 Å². The molecule has 3 aromatic rings. The van der Waals surface area contributed by atoms with Crippen LogP contribution < -0.4 is 16.0 Å². The number of ether oxygens (including phenoxy) is 1. The lowest BCUT2D eigenvalue weighted by Crippen LogP contribution is -2.57. The van der Waals surface area contributed by atoms with Gasteiger partial charge in [-0.1, -0.05) is 58.0 Å². The predicted octanol–water partition coefficient (Wildman–Crippen LogP) is 5.22. The van der Waals surface area contributed by atoms with Crippen molar-refractivity contribution in [3.8, 4) is 0 Å². The van der Waals surface area contributed by atoms with Crippen molar-refractivity contribution in [1.82, 2.24) is 30.8 Å². The van der Waals surface area contributed by atoms with Gasteiger partial charge in [0.25, 0.3) is 0 Å². The number of alkyl carbamates (subject to hydrolysis) is 1. The fourth-order valence-electron chi connectivity index (χ4n) is 4.58. The number of hydrogen-bond acceptors (Lipinski definition) is 9. The molecule has 0 saturated heterocycles. The summed E-state index contributed by atoms with van der Waals surface area (Å²) >= 11 is 2.66. The first-order chi connectivity index (χ1) is 22.1. The summed E-state index contributed by atoms with van der Waals surface area (Å²) in [5, 5.41) is 20.8. The van der Waals surface area contributed by atoms with Gasteiger partial charge in [-0.15, -0.1) is 22.7 Å². The lowest BCUT2D eigenvalue weighted by atomic mass is 9.95. The van der Waals surface area contributed by atoms with Crippen molar-refractivity contribution < 1.29 is 37.4 Å². The number of carbonyl (C=O) groups is 3. The second-order valence-corrected chi connectivity index (χ2v) is 13.6. The van der Waals surface area contributed by atoms with Gasteiger partial charge in [-0.3, -0.25) is 9.78 Å². The molecular formula is C31H41F3N6O5S2. The first-order valence-corrected chi connectivity index (χ1v) is 16.8. The summed E-state index contributed by atoms with van der Waals surface area (Å²) in [6.45, 7) is 7.42. The highest BCUT2D eigenvalue weighted by Gasteiger charge is 2.46. The maximum absolute atomic E-state index is 14.1. The van der Waals surface area contributed by atoms with Gasteiger partial charge < -0.3 is 30.7 Å². The molecule has 2 heterocycles. The smallest absolute Gasteiger partial charge is 0.411 e. The number of hydrogen-bond donors (Lipinski definition) is 4. The van der Waals surface area contributed by atoms with Crippen molar-refractivity contribution in [2.24, 2.45) is 5.92 Å². The zero-order valence-corrected chi connectivity index (χ0v) is 28.4. The summed E-state index contributed by atoms with van der Waals surface area (Å²) in [6.07, 6.45) is -7.62. The Bertz CT molecular complexity index is 1420. The van der Waals surface area contributed by atoms with E-state index in [9.17, 15) is 32.7 Å². The third kappa shape index (κ3) is 12.1. The first-order valence-electron chi connectivity index (χ1n) is 15.0. The van der Waals surface area contributed by atoms with E-state index >= 15 is 0 Å². The van der Waals surface area contributed by atoms with E-state index < -0.39 is 54.9 Å². The van der Waals surface area contributed by atoms with Gasteiger partial charge in [0, 0.05) is 30.6 Å². The molecule has 3 rings (SSSR count). The van der Waals surface area contributed by atoms with Crippen molar-refractivity contribution in [3.63, 3.8) is 0 Å². The van der Waals surface area contributed by atoms with Crippen LogP contribution >= 0.6 is 22.7 Å². The number of benzene rings is 1. The van der Waals surface area contributed by atoms with Crippen LogP contribution in [-0.2, 0) is 29.1 Å². The average Bonchev–Trinajstić information content (AvgIpc) is 3.69. The zero-order valence-electron chi connectivity index (χ0n) is 26.8. The Hall–Kier alpha value is -3.76. The Balaban J connectivity index is 1.71. The number of alkyl halides is 3. The molecule has 0 fully saturated rings. The Morgan fingerprint density at radius 2 is 1.74 bits per heavy atom. The molecule has 0 saturated carbocycles. The van der Waals surface area contributed by atoms with Crippen LogP contribution in [0.3, 0.4) is 0 Å². The molecule has 0 aliphatic heterocycles. The van der Waals surface area contributed by atoms with Crippen LogP contribution in [0.25, 0.3) is 0 Å². The Labute approximate surface area is 279 Å². The van der Waals surface area contributed by atoms with Crippen molar-refractivity contribution >= 4 is 40.7 Å². The van der Waals surface area contributed by atoms with Crippen LogP contribution in [0.1, 0.15) is 61.2 Å². The molecule has 258 valence electrons. The van der Waals surface area contributed by atoms with Crippen molar-refractivity contribution in [3.05, 3.63) is 68.6 Å². The van der Waals surface area contributed by atoms with Gasteiger partial charge >= 0.3 is 18.3 Å². The molecule has 47 heavy (non-hydrogen) atoms. The summed E-state index contributed by atoms with van der Waals surface area (Å²) < 4.78 is 47.0. The van der Waals surface area contributed by atoms with Gasteiger partial charge in [-0.25, -0.2) is 14.6 Å². The molecule has 4 N–H and O–H groups in total. The molecule has 0 spiro atoms. The van der Waals surface area contributed by atoms with Gasteiger partial charge in [0.15, 0.2) is 6.04 Å². The Kier molecular flexibility index (Phi) is 14.0. The molecule has 0 radical (unpaired) electrons. The topological polar surface area (TPSA) is 146 Å². The van der Waals surface area contributed by atoms with E-state index in [1.54, 1.807) is 56.5 Å². The van der Waals surface area contributed by atoms with E-state index in [-0.39, 0.29) is 31.4 Å². The fourth-order valence-corrected chi connectivity index (χ4v) is 5.91. The van der Waals surface area contributed by atoms with Crippen molar-refractivity contribution in [2.75, 3.05) is 7.05 Å². The second kappa shape index (κ2) is 17.4. The summed E-state index contributed by atoms with van der Waals surface area (Å²) in [5.74, 6) is -0.778. The molecule has 11 nitrogen and oxygen atoms in total. The molecule has 4 amide bonds. The van der Waals surface area contributed by atoms with Gasteiger partial charge in [-0.05, 0) is 24.3 Å². The number of aromatic nitrogens is 2. The molecule has 0 aliphatic carbocycles. The average molecular weight is 699 g/mol. The minimum absolute atomic E-state index is 0.0741. The quantitative estimate of drug-likeness (QED) is 0.170. The molecule has 4 atom stereocenters. The minimum atomic E-state index is -5.03. The van der Waals surface area contributed by atoms with E-state index in [1.165, 1.54) is 27.9 Å². The summed E-state index contributed by atoms with van der Waals surface area (Å²) in [5.41, 5.74) is 2.89. The monoisotopic (exact) mass is 698 g/mol. The third-order valence-corrected chi connectivity index (χ3v) is 9.02. The summed E-state index contributed by atoms with van der Waals surface area (Å²) in [7, 11) is 1.57. The molecule has 1 aromatic carbocycles. The highest BCUT2D eigenvalue weighted by Crippen LogP contribution is 2.26. The highest BCUT2D eigenvalue weighted by atomic mass is 32.1. The fraction of sp³-hybridized carbons (Fsp3) is 0.516. The Morgan fingerprint density at radius 1 is 1.04 bits per heavy atom. The maximum atomic E-state index is 14.1. The van der Waals surface area contributed by atoms with Gasteiger partial charge in [-0.2, -0.15) is 13.2 Å². The number of thiazole rings is 2. The minimum Gasteiger partial charge on any atom is -0.444 e. The first kappa shape index (κ1) is 37.7. The highest BCUT2D eigenvalue weighted by molar-refractivity contribution is 7.09. The number of nitrogens with zero attached hydrogens (tertiary/aromatic N) is 3. The summed E-state index contributed by atoms with van der Waals surface area (Å²) in [6, 6.07) is 3.47. The van der Waals surface area contributed by atoms with Crippen molar-refractivity contribution in [2.45, 2.75) is 90.0 Å². The number of aliphatic hydroxyl groups excluding tert-OH is 1. The molecule has 2 aromatic heterocycles. The molecule has 0 aliphatic rings. The van der Waals surface area contributed by atoms with E-state index in [2.05, 4.69) is 20.6 Å².